The Morgan fingerprint density at radius 1 is 1.12 bits per heavy atom. The van der Waals surface area contributed by atoms with E-state index in [4.69, 9.17) is 11.5 Å². The number of alkyl halides is 3. The minimum Gasteiger partial charge on any atom is -0.366 e. The number of primary amides is 1. The average molecular weight is 600 g/mol. The maximum absolute atomic E-state index is 12.8. The van der Waals surface area contributed by atoms with Crippen molar-refractivity contribution in [2.45, 2.75) is 50.7 Å². The van der Waals surface area contributed by atoms with Crippen LogP contribution in [0.5, 0.6) is 0 Å². The molecule has 2 aliphatic rings. The minimum atomic E-state index is -4.48. The van der Waals surface area contributed by atoms with Gasteiger partial charge in [0.2, 0.25) is 11.8 Å². The van der Waals surface area contributed by atoms with Crippen molar-refractivity contribution in [3.8, 4) is 0 Å². The fraction of sp³-hybridized carbons (Fsp3) is 0.355. The molecule has 12 heteroatoms. The summed E-state index contributed by atoms with van der Waals surface area (Å²) in [6, 6.07) is 11.5. The van der Waals surface area contributed by atoms with E-state index in [1.807, 2.05) is 37.3 Å². The van der Waals surface area contributed by atoms with Crippen molar-refractivity contribution >= 4 is 29.4 Å². The number of hydrogen-bond donors (Lipinski definition) is 3. The monoisotopic (exact) mass is 599 g/mol. The molecule has 1 atom stereocenters. The van der Waals surface area contributed by atoms with Crippen LogP contribution >= 0.6 is 0 Å². The number of rotatable bonds is 8. The van der Waals surface area contributed by atoms with Crippen LogP contribution < -0.4 is 21.7 Å². The number of nitrogens with two attached hydrogens (primary N) is 2. The van der Waals surface area contributed by atoms with Crippen LogP contribution in [-0.2, 0) is 28.9 Å². The Balaban J connectivity index is 0.000000237. The summed E-state index contributed by atoms with van der Waals surface area (Å²) in [5.74, 6) is -1.45. The summed E-state index contributed by atoms with van der Waals surface area (Å²) >= 11 is 0. The number of nitrogens with one attached hydrogen (secondary N) is 1. The normalized spacial score (nSPS) is 18.0. The van der Waals surface area contributed by atoms with E-state index in [1.165, 1.54) is 11.0 Å². The number of aryl methyl sites for hydroxylation is 2. The van der Waals surface area contributed by atoms with Crippen molar-refractivity contribution in [1.29, 1.82) is 0 Å². The van der Waals surface area contributed by atoms with Crippen molar-refractivity contribution in [1.82, 2.24) is 10.2 Å². The van der Waals surface area contributed by atoms with Crippen molar-refractivity contribution in [3.05, 3.63) is 89.0 Å². The maximum Gasteiger partial charge on any atom is 0.406 e. The molecule has 4 rings (SSSR count). The fourth-order valence-corrected chi connectivity index (χ4v) is 5.16. The highest BCUT2D eigenvalue weighted by molar-refractivity contribution is 6.07. The number of para-hydroxylation sites is 1. The number of allylic oxidation sites excluding steroid dienone is 4. The molecule has 1 unspecified atom stereocenters. The fourth-order valence-electron chi connectivity index (χ4n) is 5.16. The summed E-state index contributed by atoms with van der Waals surface area (Å²) in [5, 5.41) is 2.36. The Morgan fingerprint density at radius 2 is 1.84 bits per heavy atom. The first-order chi connectivity index (χ1) is 20.3. The molecule has 2 aromatic rings. The summed E-state index contributed by atoms with van der Waals surface area (Å²) in [7, 11) is 1.64. The predicted molar refractivity (Wildman–Crippen MR) is 157 cm³/mol. The Labute approximate surface area is 248 Å². The van der Waals surface area contributed by atoms with E-state index in [0.29, 0.717) is 48.1 Å². The first-order valence-corrected chi connectivity index (χ1v) is 13.8. The third kappa shape index (κ3) is 8.10. The lowest BCUT2D eigenvalue weighted by Crippen LogP contribution is -2.51. The number of imide groups is 1. The zero-order valence-electron chi connectivity index (χ0n) is 24.1. The van der Waals surface area contributed by atoms with Crippen LogP contribution in [0, 0.1) is 0 Å². The third-order valence-electron chi connectivity index (χ3n) is 7.49. The number of benzene rings is 2. The van der Waals surface area contributed by atoms with Gasteiger partial charge in [-0.15, -0.1) is 0 Å². The van der Waals surface area contributed by atoms with Crippen LogP contribution in [0.4, 0.5) is 23.7 Å². The van der Waals surface area contributed by atoms with Crippen LogP contribution in [0.2, 0.25) is 0 Å². The molecule has 1 aliphatic carbocycles. The number of hydrogen-bond acceptors (Lipinski definition) is 5. The van der Waals surface area contributed by atoms with Gasteiger partial charge >= 0.3 is 12.2 Å². The number of carbonyl (C=O) groups is 4. The quantitative estimate of drug-likeness (QED) is 0.313. The molecular weight excluding hydrogens is 563 g/mol. The lowest BCUT2D eigenvalue weighted by molar-refractivity contribution is -0.131. The lowest BCUT2D eigenvalue weighted by atomic mass is 9.77. The van der Waals surface area contributed by atoms with Crippen LogP contribution in [0.3, 0.4) is 0 Å². The summed E-state index contributed by atoms with van der Waals surface area (Å²) < 4.78 is 38.3. The van der Waals surface area contributed by atoms with Gasteiger partial charge in [-0.25, -0.2) is 4.79 Å². The lowest BCUT2D eigenvalue weighted by Gasteiger charge is -2.37. The first kappa shape index (κ1) is 33.1. The topological polar surface area (TPSA) is 139 Å². The zero-order valence-corrected chi connectivity index (χ0v) is 24.1. The summed E-state index contributed by atoms with van der Waals surface area (Å²) in [6.45, 7) is 0.0904. The van der Waals surface area contributed by atoms with E-state index in [9.17, 15) is 32.3 Å². The van der Waals surface area contributed by atoms with Gasteiger partial charge in [0.05, 0.1) is 6.54 Å². The number of nitrogens with zero attached hydrogens (tertiary/aromatic N) is 2. The Morgan fingerprint density at radius 3 is 2.44 bits per heavy atom. The smallest absolute Gasteiger partial charge is 0.366 e. The van der Waals surface area contributed by atoms with E-state index >= 15 is 0 Å². The minimum absolute atomic E-state index is 0.241. The van der Waals surface area contributed by atoms with Gasteiger partial charge in [-0.2, -0.15) is 13.2 Å². The molecule has 0 aromatic heterocycles. The van der Waals surface area contributed by atoms with E-state index in [2.05, 4.69) is 5.32 Å². The second kappa shape index (κ2) is 14.1. The molecule has 0 saturated carbocycles. The molecule has 5 amide bonds. The molecule has 1 heterocycles. The number of urea groups is 1. The predicted octanol–water partition coefficient (Wildman–Crippen LogP) is 3.80. The number of halogens is 3. The zero-order chi connectivity index (χ0) is 31.8. The summed E-state index contributed by atoms with van der Waals surface area (Å²) in [4.78, 5) is 49.0. The number of carbonyl (C=O) groups excluding carboxylic acids is 4. The molecule has 43 heavy (non-hydrogen) atoms. The number of likely N-dealkylation sites (N-methyl/N-ethyl adjacent to an activating group) is 1. The Kier molecular flexibility index (Phi) is 10.9. The van der Waals surface area contributed by atoms with E-state index in [-0.39, 0.29) is 17.6 Å². The van der Waals surface area contributed by atoms with Crippen LogP contribution in [0.25, 0.3) is 0 Å². The Bertz CT molecular complexity index is 1420. The maximum atomic E-state index is 12.8. The van der Waals surface area contributed by atoms with Gasteiger partial charge in [0.15, 0.2) is 0 Å². The second-order valence-electron chi connectivity index (χ2n) is 10.3. The van der Waals surface area contributed by atoms with E-state index in [1.54, 1.807) is 37.4 Å². The molecule has 1 aliphatic heterocycles. The molecule has 1 fully saturated rings. The first-order valence-electron chi connectivity index (χ1n) is 13.8. The van der Waals surface area contributed by atoms with Crippen LogP contribution in [-0.4, -0.2) is 60.5 Å². The van der Waals surface area contributed by atoms with Crippen molar-refractivity contribution < 1.29 is 32.3 Å². The highest BCUT2D eigenvalue weighted by atomic mass is 19.4. The molecule has 2 aromatic carbocycles. The number of anilines is 1. The molecule has 0 radical (unpaired) electrons. The highest BCUT2D eigenvalue weighted by Crippen LogP contribution is 2.36. The van der Waals surface area contributed by atoms with Crippen molar-refractivity contribution in [2.75, 3.05) is 25.0 Å². The SMILES string of the molecule is C/C=C\C=C/CCc1ccccc1N(CC(F)(F)F)C(=O)CN.CN1C(=O)NC(=O)C12CCc1cc(C(N)=O)ccc1C2. The van der Waals surface area contributed by atoms with Crippen LogP contribution in [0.15, 0.2) is 66.8 Å². The van der Waals surface area contributed by atoms with Crippen molar-refractivity contribution in [3.63, 3.8) is 0 Å². The van der Waals surface area contributed by atoms with Gasteiger partial charge in [0.25, 0.3) is 5.91 Å². The summed E-state index contributed by atoms with van der Waals surface area (Å²) in [6.07, 6.45) is 5.94. The second-order valence-corrected chi connectivity index (χ2v) is 10.3. The summed E-state index contributed by atoms with van der Waals surface area (Å²) in [5.41, 5.74) is 13.2. The standard InChI is InChI=1S/C17H21F3N2O.C14H15N3O3/c1-2-3-4-5-6-9-14-10-7-8-11-15(14)22(16(23)12-21)13-17(18,19)20;1-17-13(20)16-12(19)14(17)5-4-8-6-9(11(15)18)2-3-10(8)7-14/h2-5,7-8,10-11H,6,9,12-13,21H2,1H3;2-3,6H,4-5,7H2,1H3,(H2,15,18)(H,16,19,20)/b3-2-,5-4-;. The molecule has 5 N–H and O–H groups in total. The highest BCUT2D eigenvalue weighted by Gasteiger charge is 2.52. The average Bonchev–Trinajstić information content (AvgIpc) is 3.17. The molecule has 1 spiro atoms. The van der Waals surface area contributed by atoms with Gasteiger partial charge < -0.3 is 21.3 Å². The van der Waals surface area contributed by atoms with E-state index < -0.39 is 36.6 Å². The van der Waals surface area contributed by atoms with E-state index in [0.717, 1.165) is 11.1 Å². The van der Waals surface area contributed by atoms with Gasteiger partial charge in [-0.1, -0.05) is 48.6 Å². The van der Waals surface area contributed by atoms with Crippen molar-refractivity contribution in [2.24, 2.45) is 11.5 Å². The largest absolute Gasteiger partial charge is 0.406 e. The van der Waals surface area contributed by atoms with Gasteiger partial charge in [0, 0.05) is 24.7 Å². The number of fused-ring (bicyclic) bond motifs is 1. The molecular formula is C31H36F3N5O4. The molecule has 9 nitrogen and oxygen atoms in total. The third-order valence-corrected chi connectivity index (χ3v) is 7.49. The number of amides is 5. The van der Waals surface area contributed by atoms with Gasteiger partial charge in [-0.3, -0.25) is 19.7 Å². The molecule has 1 saturated heterocycles. The molecule has 0 bridgehead atoms. The Hall–Kier alpha value is -4.45. The van der Waals surface area contributed by atoms with Gasteiger partial charge in [-0.05, 0) is 67.5 Å². The van der Waals surface area contributed by atoms with Crippen LogP contribution in [0.1, 0.15) is 46.8 Å². The molecule has 230 valence electrons. The van der Waals surface area contributed by atoms with Gasteiger partial charge in [0.1, 0.15) is 12.1 Å².